The smallest absolute Gasteiger partial charge is 0.411 e. The highest BCUT2D eigenvalue weighted by atomic mass is 16.6. The van der Waals surface area contributed by atoms with Crippen molar-refractivity contribution in [3.63, 3.8) is 0 Å². The van der Waals surface area contributed by atoms with Crippen molar-refractivity contribution in [3.05, 3.63) is 36.7 Å². The van der Waals surface area contributed by atoms with Gasteiger partial charge in [-0.1, -0.05) is 0 Å². The number of cyclic esters (lactones) is 1. The lowest BCUT2D eigenvalue weighted by molar-refractivity contribution is -0.125. The van der Waals surface area contributed by atoms with E-state index >= 15 is 0 Å². The van der Waals surface area contributed by atoms with E-state index in [9.17, 15) is 9.59 Å². The third-order valence-corrected chi connectivity index (χ3v) is 3.71. The second kappa shape index (κ2) is 6.51. The van der Waals surface area contributed by atoms with Crippen molar-refractivity contribution < 1.29 is 14.3 Å². The number of carbonyl (C=O) groups is 2. The standard InChI is InChI=1S/C14H18N6O3/c1-18-7-4-15-12(18)9-20-11(10-23-14(20)22)13(21)16-5-8-19-6-2-3-17-19/h2-4,6-7,11H,5,8-10H2,1H3,(H,16,21)/t11-/m0/s1. The van der Waals surface area contributed by atoms with Crippen molar-refractivity contribution >= 4 is 12.0 Å². The largest absolute Gasteiger partial charge is 0.447 e. The number of nitrogens with zero attached hydrogens (tertiary/aromatic N) is 5. The molecule has 1 saturated heterocycles. The fourth-order valence-corrected chi connectivity index (χ4v) is 2.39. The molecule has 0 aliphatic carbocycles. The summed E-state index contributed by atoms with van der Waals surface area (Å²) in [5.41, 5.74) is 0. The van der Waals surface area contributed by atoms with E-state index in [1.54, 1.807) is 27.8 Å². The summed E-state index contributed by atoms with van der Waals surface area (Å²) in [6.45, 7) is 1.29. The summed E-state index contributed by atoms with van der Waals surface area (Å²) in [5.74, 6) is 0.454. The third kappa shape index (κ3) is 3.33. The van der Waals surface area contributed by atoms with Crippen LogP contribution in [0.3, 0.4) is 0 Å². The highest BCUT2D eigenvalue weighted by molar-refractivity contribution is 5.87. The van der Waals surface area contributed by atoms with Crippen LogP contribution < -0.4 is 5.32 Å². The molecule has 2 aromatic rings. The quantitative estimate of drug-likeness (QED) is 0.793. The summed E-state index contributed by atoms with van der Waals surface area (Å²) >= 11 is 0. The summed E-state index contributed by atoms with van der Waals surface area (Å²) in [4.78, 5) is 29.7. The molecule has 2 aromatic heterocycles. The molecule has 23 heavy (non-hydrogen) atoms. The van der Waals surface area contributed by atoms with Gasteiger partial charge in [-0.2, -0.15) is 5.10 Å². The molecule has 122 valence electrons. The summed E-state index contributed by atoms with van der Waals surface area (Å²) in [6, 6.07) is 1.18. The molecule has 3 heterocycles. The molecule has 0 radical (unpaired) electrons. The molecule has 9 heteroatoms. The van der Waals surface area contributed by atoms with Crippen molar-refractivity contribution in [1.29, 1.82) is 0 Å². The van der Waals surface area contributed by atoms with Gasteiger partial charge in [0.2, 0.25) is 5.91 Å². The van der Waals surface area contributed by atoms with Gasteiger partial charge in [-0.15, -0.1) is 0 Å². The second-order valence-electron chi connectivity index (χ2n) is 5.24. The van der Waals surface area contributed by atoms with Crippen LogP contribution in [0.1, 0.15) is 5.82 Å². The van der Waals surface area contributed by atoms with Crippen molar-refractivity contribution in [3.8, 4) is 0 Å². The van der Waals surface area contributed by atoms with Gasteiger partial charge < -0.3 is 14.6 Å². The van der Waals surface area contributed by atoms with E-state index in [0.29, 0.717) is 18.9 Å². The van der Waals surface area contributed by atoms with E-state index in [1.807, 2.05) is 19.3 Å². The Hall–Kier alpha value is -2.84. The molecular formula is C14H18N6O3. The summed E-state index contributed by atoms with van der Waals surface area (Å²) in [7, 11) is 1.84. The normalized spacial score (nSPS) is 17.3. The fourth-order valence-electron chi connectivity index (χ4n) is 2.39. The maximum Gasteiger partial charge on any atom is 0.411 e. The number of ether oxygens (including phenoxy) is 1. The first-order valence-electron chi connectivity index (χ1n) is 7.30. The number of hydrogen-bond acceptors (Lipinski definition) is 5. The Labute approximate surface area is 132 Å². The lowest BCUT2D eigenvalue weighted by atomic mass is 10.2. The van der Waals surface area contributed by atoms with Gasteiger partial charge in [-0.3, -0.25) is 14.4 Å². The van der Waals surface area contributed by atoms with Gasteiger partial charge in [0.05, 0.1) is 13.1 Å². The van der Waals surface area contributed by atoms with Crippen LogP contribution in [-0.2, 0) is 29.7 Å². The fraction of sp³-hybridized carbons (Fsp3) is 0.429. The number of hydrogen-bond donors (Lipinski definition) is 1. The van der Waals surface area contributed by atoms with Crippen LogP contribution in [0.4, 0.5) is 4.79 Å². The predicted octanol–water partition coefficient (Wildman–Crippen LogP) is -0.246. The number of amides is 2. The minimum atomic E-state index is -0.642. The Morgan fingerprint density at radius 1 is 1.43 bits per heavy atom. The van der Waals surface area contributed by atoms with Crippen molar-refractivity contribution in [2.45, 2.75) is 19.1 Å². The predicted molar refractivity (Wildman–Crippen MR) is 79.1 cm³/mol. The van der Waals surface area contributed by atoms with Crippen LogP contribution in [0, 0.1) is 0 Å². The van der Waals surface area contributed by atoms with Crippen LogP contribution in [0.15, 0.2) is 30.9 Å². The van der Waals surface area contributed by atoms with Gasteiger partial charge >= 0.3 is 6.09 Å². The third-order valence-electron chi connectivity index (χ3n) is 3.71. The molecule has 0 saturated carbocycles. The number of rotatable bonds is 6. The topological polar surface area (TPSA) is 94.3 Å². The van der Waals surface area contributed by atoms with Gasteiger partial charge in [0.25, 0.3) is 0 Å². The van der Waals surface area contributed by atoms with E-state index in [2.05, 4.69) is 15.4 Å². The van der Waals surface area contributed by atoms with Crippen LogP contribution in [0.25, 0.3) is 0 Å². The summed E-state index contributed by atoms with van der Waals surface area (Å²) < 4.78 is 8.54. The van der Waals surface area contributed by atoms with Gasteiger partial charge in [-0.05, 0) is 6.07 Å². The molecule has 1 aliphatic heterocycles. The summed E-state index contributed by atoms with van der Waals surface area (Å²) in [6.07, 6.45) is 6.44. The lowest BCUT2D eigenvalue weighted by Crippen LogP contribution is -2.46. The maximum absolute atomic E-state index is 12.3. The zero-order valence-electron chi connectivity index (χ0n) is 12.8. The van der Waals surface area contributed by atoms with Crippen molar-refractivity contribution in [2.24, 2.45) is 7.05 Å². The Balaban J connectivity index is 1.57. The molecular weight excluding hydrogens is 300 g/mol. The first-order chi connectivity index (χ1) is 11.1. The molecule has 1 fully saturated rings. The Morgan fingerprint density at radius 3 is 3.00 bits per heavy atom. The Morgan fingerprint density at radius 2 is 2.30 bits per heavy atom. The SMILES string of the molecule is Cn1ccnc1CN1C(=O)OC[C@H]1C(=O)NCCn1cccn1. The number of imidazole rings is 1. The highest BCUT2D eigenvalue weighted by Crippen LogP contribution is 2.15. The van der Waals surface area contributed by atoms with Gasteiger partial charge in [0.1, 0.15) is 18.5 Å². The zero-order chi connectivity index (χ0) is 16.2. The van der Waals surface area contributed by atoms with E-state index in [1.165, 1.54) is 4.90 Å². The van der Waals surface area contributed by atoms with Gasteiger partial charge in [0, 0.05) is 38.4 Å². The molecule has 0 bridgehead atoms. The minimum absolute atomic E-state index is 0.0524. The molecule has 1 aliphatic rings. The van der Waals surface area contributed by atoms with Crippen LogP contribution in [-0.4, -0.2) is 55.4 Å². The highest BCUT2D eigenvalue weighted by Gasteiger charge is 2.38. The summed E-state index contributed by atoms with van der Waals surface area (Å²) in [5, 5.41) is 6.87. The number of nitrogens with one attached hydrogen (secondary N) is 1. The number of carbonyl (C=O) groups excluding carboxylic acids is 2. The van der Waals surface area contributed by atoms with Crippen molar-refractivity contribution in [2.75, 3.05) is 13.2 Å². The number of aryl methyl sites for hydroxylation is 1. The Bertz CT molecular complexity index is 681. The minimum Gasteiger partial charge on any atom is -0.447 e. The lowest BCUT2D eigenvalue weighted by Gasteiger charge is -2.20. The van der Waals surface area contributed by atoms with E-state index < -0.39 is 12.1 Å². The second-order valence-corrected chi connectivity index (χ2v) is 5.24. The first-order valence-corrected chi connectivity index (χ1v) is 7.30. The zero-order valence-corrected chi connectivity index (χ0v) is 12.8. The molecule has 1 atom stereocenters. The average molecular weight is 318 g/mol. The molecule has 0 aromatic carbocycles. The van der Waals surface area contributed by atoms with Crippen LogP contribution in [0.5, 0.6) is 0 Å². The van der Waals surface area contributed by atoms with E-state index in [4.69, 9.17) is 4.74 Å². The van der Waals surface area contributed by atoms with E-state index in [0.717, 1.165) is 0 Å². The molecule has 9 nitrogen and oxygen atoms in total. The maximum atomic E-state index is 12.3. The van der Waals surface area contributed by atoms with Gasteiger partial charge in [0.15, 0.2) is 0 Å². The Kier molecular flexibility index (Phi) is 4.26. The monoisotopic (exact) mass is 318 g/mol. The van der Waals surface area contributed by atoms with E-state index in [-0.39, 0.29) is 19.1 Å². The first kappa shape index (κ1) is 15.1. The average Bonchev–Trinajstić information content (AvgIpc) is 3.24. The molecule has 0 unspecified atom stereocenters. The van der Waals surface area contributed by atoms with Gasteiger partial charge in [-0.25, -0.2) is 9.78 Å². The molecule has 1 N–H and O–H groups in total. The number of aromatic nitrogens is 4. The van der Waals surface area contributed by atoms with Crippen molar-refractivity contribution in [1.82, 2.24) is 29.5 Å². The van der Waals surface area contributed by atoms with Crippen LogP contribution in [0.2, 0.25) is 0 Å². The van der Waals surface area contributed by atoms with Crippen LogP contribution >= 0.6 is 0 Å². The molecule has 3 rings (SSSR count). The molecule has 2 amide bonds. The molecule has 0 spiro atoms.